The Kier molecular flexibility index (Phi) is 5.43. The van der Waals surface area contributed by atoms with Crippen LogP contribution in [0.25, 0.3) is 11.4 Å². The summed E-state index contributed by atoms with van der Waals surface area (Å²) in [5.41, 5.74) is 1.84. The Hall–Kier alpha value is -1.96. The Morgan fingerprint density at radius 2 is 1.96 bits per heavy atom. The van der Waals surface area contributed by atoms with Crippen molar-refractivity contribution in [1.82, 2.24) is 20.0 Å². The van der Waals surface area contributed by atoms with Crippen LogP contribution in [0, 0.1) is 0 Å². The number of halogens is 2. The van der Waals surface area contributed by atoms with Gasteiger partial charge in [-0.2, -0.15) is 4.98 Å². The zero-order valence-electron chi connectivity index (χ0n) is 14.9. The van der Waals surface area contributed by atoms with Gasteiger partial charge in [-0.25, -0.2) is 4.98 Å². The molecule has 0 bridgehead atoms. The van der Waals surface area contributed by atoms with Gasteiger partial charge < -0.3 is 14.3 Å². The van der Waals surface area contributed by atoms with E-state index >= 15 is 0 Å². The smallest absolute Gasteiger partial charge is 0.231 e. The van der Waals surface area contributed by atoms with Crippen molar-refractivity contribution in [3.05, 3.63) is 57.5 Å². The highest BCUT2D eigenvalue weighted by Gasteiger charge is 2.16. The first-order valence-electron chi connectivity index (χ1n) is 8.75. The van der Waals surface area contributed by atoms with Crippen molar-refractivity contribution < 1.29 is 4.52 Å². The number of anilines is 1. The SMILES string of the molecule is CN1CCN(c2ccc(-c3noc(Cc4cc(Cl)ccc4Br)n3)cn2)CC1. The van der Waals surface area contributed by atoms with Crippen LogP contribution in [0.15, 0.2) is 45.5 Å². The molecule has 140 valence electrons. The molecule has 3 heterocycles. The summed E-state index contributed by atoms with van der Waals surface area (Å²) in [7, 11) is 2.14. The molecule has 0 amide bonds. The van der Waals surface area contributed by atoms with E-state index in [1.165, 1.54) is 0 Å². The molecule has 4 rings (SSSR count). The molecule has 0 spiro atoms. The predicted molar refractivity (Wildman–Crippen MR) is 109 cm³/mol. The minimum atomic E-state index is 0.515. The highest BCUT2D eigenvalue weighted by molar-refractivity contribution is 9.10. The van der Waals surface area contributed by atoms with Gasteiger partial charge in [0.15, 0.2) is 0 Å². The fourth-order valence-electron chi connectivity index (χ4n) is 3.03. The van der Waals surface area contributed by atoms with Gasteiger partial charge in [0.05, 0.1) is 6.42 Å². The number of hydrogen-bond acceptors (Lipinski definition) is 6. The van der Waals surface area contributed by atoms with Crippen LogP contribution in [-0.2, 0) is 6.42 Å². The molecule has 0 unspecified atom stereocenters. The molecule has 2 aromatic heterocycles. The van der Waals surface area contributed by atoms with Gasteiger partial charge >= 0.3 is 0 Å². The van der Waals surface area contributed by atoms with E-state index in [1.54, 1.807) is 6.20 Å². The Labute approximate surface area is 171 Å². The van der Waals surface area contributed by atoms with Crippen molar-refractivity contribution >= 4 is 33.3 Å². The number of aromatic nitrogens is 3. The van der Waals surface area contributed by atoms with E-state index in [0.717, 1.165) is 47.6 Å². The summed E-state index contributed by atoms with van der Waals surface area (Å²) in [6.45, 7) is 4.08. The van der Waals surface area contributed by atoms with Crippen LogP contribution in [0.2, 0.25) is 5.02 Å². The molecule has 27 heavy (non-hydrogen) atoms. The second-order valence-corrected chi connectivity index (χ2v) is 7.91. The monoisotopic (exact) mass is 447 g/mol. The van der Waals surface area contributed by atoms with E-state index in [1.807, 2.05) is 30.3 Å². The molecule has 0 radical (unpaired) electrons. The standard InChI is InChI=1S/C19H19BrClN5O/c1-25-6-8-26(9-7-25)17-5-2-13(12-22-17)19-23-18(27-24-19)11-14-10-15(21)3-4-16(14)20/h2-5,10,12H,6-9,11H2,1H3. The lowest BCUT2D eigenvalue weighted by atomic mass is 10.1. The van der Waals surface area contributed by atoms with Crippen LogP contribution < -0.4 is 4.90 Å². The highest BCUT2D eigenvalue weighted by Crippen LogP contribution is 2.25. The molecule has 1 fully saturated rings. The molecule has 0 atom stereocenters. The second kappa shape index (κ2) is 7.96. The second-order valence-electron chi connectivity index (χ2n) is 6.62. The van der Waals surface area contributed by atoms with Gasteiger partial charge in [0.1, 0.15) is 5.82 Å². The fourth-order valence-corrected chi connectivity index (χ4v) is 3.61. The lowest BCUT2D eigenvalue weighted by Crippen LogP contribution is -2.44. The summed E-state index contributed by atoms with van der Waals surface area (Å²) in [6.07, 6.45) is 2.32. The maximum Gasteiger partial charge on any atom is 0.231 e. The van der Waals surface area contributed by atoms with Crippen molar-refractivity contribution in [2.24, 2.45) is 0 Å². The van der Waals surface area contributed by atoms with E-state index in [2.05, 4.69) is 47.9 Å². The van der Waals surface area contributed by atoms with Gasteiger partial charge in [-0.05, 0) is 42.9 Å². The zero-order valence-corrected chi connectivity index (χ0v) is 17.2. The van der Waals surface area contributed by atoms with Crippen LogP contribution in [0.4, 0.5) is 5.82 Å². The first-order valence-corrected chi connectivity index (χ1v) is 9.92. The molecule has 8 heteroatoms. The maximum absolute atomic E-state index is 6.07. The van der Waals surface area contributed by atoms with Crippen molar-refractivity contribution in [1.29, 1.82) is 0 Å². The van der Waals surface area contributed by atoms with Gasteiger partial charge in [0.25, 0.3) is 0 Å². The van der Waals surface area contributed by atoms with Crippen molar-refractivity contribution in [3.63, 3.8) is 0 Å². The van der Waals surface area contributed by atoms with Gasteiger partial charge in [0.2, 0.25) is 11.7 Å². The number of hydrogen-bond donors (Lipinski definition) is 0. The molecule has 0 saturated carbocycles. The first-order chi connectivity index (χ1) is 13.1. The molecule has 1 aromatic carbocycles. The number of piperazine rings is 1. The summed E-state index contributed by atoms with van der Waals surface area (Å²) in [6, 6.07) is 9.65. The minimum Gasteiger partial charge on any atom is -0.354 e. The number of nitrogens with zero attached hydrogens (tertiary/aromatic N) is 5. The Morgan fingerprint density at radius 1 is 1.15 bits per heavy atom. The molecule has 1 aliphatic rings. The normalized spacial score (nSPS) is 15.3. The molecular weight excluding hydrogens is 430 g/mol. The molecule has 3 aromatic rings. The zero-order chi connectivity index (χ0) is 18.8. The van der Waals surface area contributed by atoms with Gasteiger partial charge in [-0.15, -0.1) is 0 Å². The number of pyridine rings is 1. The minimum absolute atomic E-state index is 0.515. The van der Waals surface area contributed by atoms with Crippen LogP contribution in [0.5, 0.6) is 0 Å². The van der Waals surface area contributed by atoms with Crippen LogP contribution >= 0.6 is 27.5 Å². The predicted octanol–water partition coefficient (Wildman–Crippen LogP) is 3.89. The van der Waals surface area contributed by atoms with E-state index in [-0.39, 0.29) is 0 Å². The average Bonchev–Trinajstić information content (AvgIpc) is 3.14. The quantitative estimate of drug-likeness (QED) is 0.603. The van der Waals surface area contributed by atoms with Crippen LogP contribution in [0.1, 0.15) is 11.5 Å². The third-order valence-corrected chi connectivity index (χ3v) is 5.66. The largest absolute Gasteiger partial charge is 0.354 e. The van der Waals surface area contributed by atoms with E-state index in [9.17, 15) is 0 Å². The molecule has 6 nitrogen and oxygen atoms in total. The Morgan fingerprint density at radius 3 is 2.70 bits per heavy atom. The molecule has 1 aliphatic heterocycles. The third-order valence-electron chi connectivity index (χ3n) is 4.65. The van der Waals surface area contributed by atoms with Gasteiger partial charge in [-0.1, -0.05) is 32.7 Å². The van der Waals surface area contributed by atoms with Crippen LogP contribution in [-0.4, -0.2) is 53.3 Å². The summed E-state index contributed by atoms with van der Waals surface area (Å²) >= 11 is 9.59. The van der Waals surface area contributed by atoms with E-state index in [0.29, 0.717) is 23.2 Å². The molecule has 1 saturated heterocycles. The van der Waals surface area contributed by atoms with E-state index < -0.39 is 0 Å². The lowest BCUT2D eigenvalue weighted by Gasteiger charge is -2.33. The van der Waals surface area contributed by atoms with E-state index in [4.69, 9.17) is 16.1 Å². The molecule has 0 N–H and O–H groups in total. The summed E-state index contributed by atoms with van der Waals surface area (Å²) < 4.78 is 6.37. The van der Waals surface area contributed by atoms with Gasteiger partial charge in [-0.3, -0.25) is 0 Å². The molecular formula is C19H19BrClN5O. The highest BCUT2D eigenvalue weighted by atomic mass is 79.9. The fraction of sp³-hybridized carbons (Fsp3) is 0.316. The number of likely N-dealkylation sites (N-methyl/N-ethyl adjacent to an activating group) is 1. The number of rotatable bonds is 4. The third kappa shape index (κ3) is 4.31. The first kappa shape index (κ1) is 18.4. The van der Waals surface area contributed by atoms with Gasteiger partial charge in [0, 0.05) is 47.4 Å². The Bertz CT molecular complexity index is 922. The Balaban J connectivity index is 1.47. The summed E-state index contributed by atoms with van der Waals surface area (Å²) in [4.78, 5) is 13.7. The molecule has 0 aliphatic carbocycles. The average molecular weight is 449 g/mol. The van der Waals surface area contributed by atoms with Crippen molar-refractivity contribution in [2.45, 2.75) is 6.42 Å². The van der Waals surface area contributed by atoms with Crippen molar-refractivity contribution in [2.75, 3.05) is 38.1 Å². The topological polar surface area (TPSA) is 58.3 Å². The summed E-state index contributed by atoms with van der Waals surface area (Å²) in [5.74, 6) is 2.06. The van der Waals surface area contributed by atoms with Crippen LogP contribution in [0.3, 0.4) is 0 Å². The lowest BCUT2D eigenvalue weighted by molar-refractivity contribution is 0.312. The summed E-state index contributed by atoms with van der Waals surface area (Å²) in [5, 5.41) is 4.77. The van der Waals surface area contributed by atoms with Crippen molar-refractivity contribution in [3.8, 4) is 11.4 Å². The maximum atomic E-state index is 6.07. The number of benzene rings is 1.